The third kappa shape index (κ3) is 5.78. The average molecular weight is 348 g/mol. The molecule has 0 fully saturated rings. The van der Waals surface area contributed by atoms with Crippen molar-refractivity contribution in [1.82, 2.24) is 5.32 Å². The lowest BCUT2D eigenvalue weighted by molar-refractivity contribution is -0.123. The van der Waals surface area contributed by atoms with Crippen molar-refractivity contribution in [2.24, 2.45) is 0 Å². The molecule has 0 saturated carbocycles. The smallest absolute Gasteiger partial charge is 0.258 e. The number of aryl methyl sites for hydroxylation is 2. The monoisotopic (exact) mass is 347 g/mol. The second-order valence-electron chi connectivity index (χ2n) is 5.79. The van der Waals surface area contributed by atoms with Gasteiger partial charge in [0.1, 0.15) is 18.1 Å². The minimum absolute atomic E-state index is 0.0457. The molecule has 0 heterocycles. The van der Waals surface area contributed by atoms with Crippen LogP contribution in [0.1, 0.15) is 18.1 Å². The first-order valence-corrected chi connectivity index (χ1v) is 8.19. The van der Waals surface area contributed by atoms with Crippen molar-refractivity contribution in [1.29, 1.82) is 0 Å². The van der Waals surface area contributed by atoms with Gasteiger partial charge in [0.25, 0.3) is 5.91 Å². The van der Waals surface area contributed by atoms with Crippen molar-refractivity contribution in [2.75, 3.05) is 13.2 Å². The van der Waals surface area contributed by atoms with Crippen LogP contribution in [-0.2, 0) is 4.79 Å². The minimum atomic E-state index is -0.192. The van der Waals surface area contributed by atoms with Gasteiger partial charge in [0.15, 0.2) is 6.61 Å². The molecule has 0 bridgehead atoms. The summed E-state index contributed by atoms with van der Waals surface area (Å²) in [5.74, 6) is 1.22. The van der Waals surface area contributed by atoms with Crippen LogP contribution in [0.2, 0.25) is 5.02 Å². The average Bonchev–Trinajstić information content (AvgIpc) is 2.55. The van der Waals surface area contributed by atoms with Gasteiger partial charge in [0, 0.05) is 5.02 Å². The Kier molecular flexibility index (Phi) is 6.50. The molecule has 0 radical (unpaired) electrons. The lowest BCUT2D eigenvalue weighted by atomic mass is 10.2. The Hall–Kier alpha value is -2.20. The highest BCUT2D eigenvalue weighted by molar-refractivity contribution is 6.31. The fourth-order valence-corrected chi connectivity index (χ4v) is 2.19. The van der Waals surface area contributed by atoms with Crippen LogP contribution in [0.15, 0.2) is 42.5 Å². The predicted molar refractivity (Wildman–Crippen MR) is 96.0 cm³/mol. The molecule has 2 aromatic carbocycles. The lowest BCUT2D eigenvalue weighted by Gasteiger charge is -2.15. The molecule has 0 saturated heterocycles. The highest BCUT2D eigenvalue weighted by Crippen LogP contribution is 2.20. The summed E-state index contributed by atoms with van der Waals surface area (Å²) in [5.41, 5.74) is 2.09. The molecule has 0 aromatic heterocycles. The summed E-state index contributed by atoms with van der Waals surface area (Å²) < 4.78 is 11.1. The number of nitrogens with one attached hydrogen (secondary N) is 1. The van der Waals surface area contributed by atoms with Crippen LogP contribution in [-0.4, -0.2) is 25.2 Å². The van der Waals surface area contributed by atoms with E-state index in [4.69, 9.17) is 21.1 Å². The van der Waals surface area contributed by atoms with Crippen LogP contribution in [0.3, 0.4) is 0 Å². The predicted octanol–water partition coefficient (Wildman–Crippen LogP) is 3.92. The van der Waals surface area contributed by atoms with Gasteiger partial charge in [-0.2, -0.15) is 0 Å². The first kappa shape index (κ1) is 18.1. The summed E-state index contributed by atoms with van der Waals surface area (Å²) in [4.78, 5) is 11.9. The summed E-state index contributed by atoms with van der Waals surface area (Å²) in [6.45, 7) is 6.15. The van der Waals surface area contributed by atoms with E-state index in [1.807, 2.05) is 45.0 Å². The number of hydrogen-bond donors (Lipinski definition) is 1. The van der Waals surface area contributed by atoms with Crippen LogP contribution >= 0.6 is 11.6 Å². The van der Waals surface area contributed by atoms with Crippen LogP contribution < -0.4 is 14.8 Å². The second-order valence-corrected chi connectivity index (χ2v) is 6.20. The lowest BCUT2D eigenvalue weighted by Crippen LogP contribution is -2.39. The molecule has 0 unspecified atom stereocenters. The third-order valence-corrected chi connectivity index (χ3v) is 3.85. The van der Waals surface area contributed by atoms with E-state index in [-0.39, 0.29) is 18.6 Å². The minimum Gasteiger partial charge on any atom is -0.491 e. The van der Waals surface area contributed by atoms with Gasteiger partial charge in [0.2, 0.25) is 0 Å². The van der Waals surface area contributed by atoms with E-state index in [2.05, 4.69) is 5.32 Å². The molecule has 2 rings (SSSR count). The Balaban J connectivity index is 1.72. The number of amides is 1. The highest BCUT2D eigenvalue weighted by atomic mass is 35.5. The van der Waals surface area contributed by atoms with Crippen LogP contribution in [0.25, 0.3) is 0 Å². The van der Waals surface area contributed by atoms with E-state index in [1.54, 1.807) is 18.2 Å². The van der Waals surface area contributed by atoms with Crippen LogP contribution in [0.5, 0.6) is 11.5 Å². The third-order valence-electron chi connectivity index (χ3n) is 3.43. The first-order valence-electron chi connectivity index (χ1n) is 7.82. The molecule has 2 aromatic rings. The molecule has 0 spiro atoms. The molecular weight excluding hydrogens is 326 g/mol. The molecule has 1 amide bonds. The SMILES string of the molecule is Cc1ccc(OC[C@@H](C)NC(=O)COc2ccc(Cl)c(C)c2)cc1. The number of ether oxygens (including phenoxy) is 2. The Morgan fingerprint density at radius 1 is 1.08 bits per heavy atom. The normalized spacial score (nSPS) is 11.7. The Morgan fingerprint density at radius 2 is 1.75 bits per heavy atom. The van der Waals surface area contributed by atoms with Gasteiger partial charge < -0.3 is 14.8 Å². The summed E-state index contributed by atoms with van der Waals surface area (Å²) >= 11 is 5.96. The van der Waals surface area contributed by atoms with E-state index in [1.165, 1.54) is 5.56 Å². The number of hydrogen-bond acceptors (Lipinski definition) is 3. The maximum Gasteiger partial charge on any atom is 0.258 e. The Morgan fingerprint density at radius 3 is 2.42 bits per heavy atom. The molecule has 0 aliphatic carbocycles. The van der Waals surface area contributed by atoms with Gasteiger partial charge in [-0.05, 0) is 56.7 Å². The fourth-order valence-electron chi connectivity index (χ4n) is 2.07. The van der Waals surface area contributed by atoms with Gasteiger partial charge in [-0.3, -0.25) is 4.79 Å². The zero-order valence-electron chi connectivity index (χ0n) is 14.1. The molecule has 128 valence electrons. The summed E-state index contributed by atoms with van der Waals surface area (Å²) in [6, 6.07) is 13.0. The van der Waals surface area contributed by atoms with E-state index >= 15 is 0 Å². The Labute approximate surface area is 147 Å². The van der Waals surface area contributed by atoms with Crippen molar-refractivity contribution in [3.05, 3.63) is 58.6 Å². The molecule has 1 N–H and O–H groups in total. The molecular formula is C19H22ClNO3. The Bertz CT molecular complexity index is 686. The van der Waals surface area contributed by atoms with E-state index < -0.39 is 0 Å². The molecule has 5 heteroatoms. The standard InChI is InChI=1S/C19H22ClNO3/c1-13-4-6-16(7-5-13)23-11-15(3)21-19(22)12-24-17-8-9-18(20)14(2)10-17/h4-10,15H,11-12H2,1-3H3,(H,21,22)/t15-/m1/s1. The maximum atomic E-state index is 11.9. The highest BCUT2D eigenvalue weighted by Gasteiger charge is 2.09. The van der Waals surface area contributed by atoms with Crippen LogP contribution in [0.4, 0.5) is 0 Å². The number of carbonyl (C=O) groups excluding carboxylic acids is 1. The number of benzene rings is 2. The number of halogens is 1. The molecule has 0 aliphatic heterocycles. The fraction of sp³-hybridized carbons (Fsp3) is 0.316. The maximum absolute atomic E-state index is 11.9. The van der Waals surface area contributed by atoms with Crippen molar-refractivity contribution in [3.8, 4) is 11.5 Å². The first-order chi connectivity index (χ1) is 11.4. The number of rotatable bonds is 7. The molecule has 0 aliphatic rings. The summed E-state index contributed by atoms with van der Waals surface area (Å²) in [6.07, 6.45) is 0. The zero-order chi connectivity index (χ0) is 17.5. The van der Waals surface area contributed by atoms with E-state index in [0.717, 1.165) is 11.3 Å². The summed E-state index contributed by atoms with van der Waals surface area (Å²) in [7, 11) is 0. The second kappa shape index (κ2) is 8.60. The topological polar surface area (TPSA) is 47.6 Å². The van der Waals surface area contributed by atoms with Crippen molar-refractivity contribution in [3.63, 3.8) is 0 Å². The van der Waals surface area contributed by atoms with Crippen molar-refractivity contribution >= 4 is 17.5 Å². The van der Waals surface area contributed by atoms with Crippen molar-refractivity contribution in [2.45, 2.75) is 26.8 Å². The van der Waals surface area contributed by atoms with Gasteiger partial charge in [-0.1, -0.05) is 29.3 Å². The van der Waals surface area contributed by atoms with E-state index in [9.17, 15) is 4.79 Å². The van der Waals surface area contributed by atoms with Crippen molar-refractivity contribution < 1.29 is 14.3 Å². The summed E-state index contributed by atoms with van der Waals surface area (Å²) in [5, 5.41) is 3.52. The number of carbonyl (C=O) groups is 1. The van der Waals surface area contributed by atoms with Gasteiger partial charge >= 0.3 is 0 Å². The van der Waals surface area contributed by atoms with Gasteiger partial charge in [-0.15, -0.1) is 0 Å². The van der Waals surface area contributed by atoms with Gasteiger partial charge in [0.05, 0.1) is 6.04 Å². The largest absolute Gasteiger partial charge is 0.491 e. The molecule has 24 heavy (non-hydrogen) atoms. The van der Waals surface area contributed by atoms with Gasteiger partial charge in [-0.25, -0.2) is 0 Å². The van der Waals surface area contributed by atoms with E-state index in [0.29, 0.717) is 17.4 Å². The molecule has 1 atom stereocenters. The molecule has 4 nitrogen and oxygen atoms in total. The van der Waals surface area contributed by atoms with Crippen LogP contribution in [0, 0.1) is 13.8 Å². The zero-order valence-corrected chi connectivity index (χ0v) is 14.9. The quantitative estimate of drug-likeness (QED) is 0.825.